The number of allylic oxidation sites excluding steroid dienone is 2. The topological polar surface area (TPSA) is 146 Å². The maximum absolute atomic E-state index is 13.4. The Morgan fingerprint density at radius 1 is 0.974 bits per heavy atom. The molecule has 39 heavy (non-hydrogen) atoms. The standard InChI is InChI=1S/C28H31N3O8/c1-16(2)39-28(34)25-18(4)29-17(3)24(26(25)22-8-6-7-9-23(22)31(35)36)27(33)38-15-14-37-21-12-10-20(11-13-21)30-19(5)32/h6-13,16,26,29H,14-15H2,1-5H3,(H,30,32)/t26-/m1/s1. The molecule has 1 aliphatic heterocycles. The van der Waals surface area contributed by atoms with E-state index in [0.717, 1.165) is 0 Å². The summed E-state index contributed by atoms with van der Waals surface area (Å²) in [7, 11) is 0. The van der Waals surface area contributed by atoms with Crippen LogP contribution in [0.1, 0.15) is 46.1 Å². The number of nitro benzene ring substituents is 1. The molecule has 11 heteroatoms. The number of hydrogen-bond donors (Lipinski definition) is 2. The van der Waals surface area contributed by atoms with Crippen molar-refractivity contribution in [2.75, 3.05) is 18.5 Å². The lowest BCUT2D eigenvalue weighted by Crippen LogP contribution is -2.33. The van der Waals surface area contributed by atoms with Crippen molar-refractivity contribution in [3.63, 3.8) is 0 Å². The number of benzene rings is 2. The fourth-order valence-electron chi connectivity index (χ4n) is 4.23. The van der Waals surface area contributed by atoms with Gasteiger partial charge in [-0.25, -0.2) is 9.59 Å². The number of dihydropyridines is 1. The van der Waals surface area contributed by atoms with Crippen LogP contribution in [-0.4, -0.2) is 42.1 Å². The molecule has 206 valence electrons. The fourth-order valence-corrected chi connectivity index (χ4v) is 4.23. The fraction of sp³-hybridized carbons (Fsp3) is 0.321. The molecule has 1 aliphatic rings. The molecule has 0 spiro atoms. The highest BCUT2D eigenvalue weighted by atomic mass is 16.6. The van der Waals surface area contributed by atoms with E-state index in [4.69, 9.17) is 14.2 Å². The van der Waals surface area contributed by atoms with Gasteiger partial charge < -0.3 is 24.8 Å². The molecule has 0 saturated heterocycles. The lowest BCUT2D eigenvalue weighted by atomic mass is 9.79. The lowest BCUT2D eigenvalue weighted by molar-refractivity contribution is -0.385. The summed E-state index contributed by atoms with van der Waals surface area (Å²) in [5, 5.41) is 17.5. The first-order valence-corrected chi connectivity index (χ1v) is 12.3. The zero-order valence-corrected chi connectivity index (χ0v) is 22.4. The lowest BCUT2D eigenvalue weighted by Gasteiger charge is -2.30. The first-order chi connectivity index (χ1) is 18.5. The van der Waals surface area contributed by atoms with Crippen LogP contribution in [0.15, 0.2) is 71.1 Å². The zero-order valence-electron chi connectivity index (χ0n) is 22.4. The number of esters is 2. The van der Waals surface area contributed by atoms with Gasteiger partial charge in [0.25, 0.3) is 5.69 Å². The molecule has 2 N–H and O–H groups in total. The Balaban J connectivity index is 1.84. The van der Waals surface area contributed by atoms with E-state index in [1.807, 2.05) is 0 Å². The average molecular weight is 538 g/mol. The monoisotopic (exact) mass is 537 g/mol. The number of carbonyl (C=O) groups is 3. The number of carbonyl (C=O) groups excluding carboxylic acids is 3. The van der Waals surface area contributed by atoms with Crippen LogP contribution < -0.4 is 15.4 Å². The maximum Gasteiger partial charge on any atom is 0.337 e. The molecule has 0 unspecified atom stereocenters. The number of ether oxygens (including phenoxy) is 3. The van der Waals surface area contributed by atoms with Crippen LogP contribution in [0.3, 0.4) is 0 Å². The van der Waals surface area contributed by atoms with Crippen LogP contribution in [-0.2, 0) is 23.9 Å². The van der Waals surface area contributed by atoms with Crippen molar-refractivity contribution in [1.29, 1.82) is 0 Å². The summed E-state index contributed by atoms with van der Waals surface area (Å²) < 4.78 is 16.5. The Hall–Kier alpha value is -4.67. The van der Waals surface area contributed by atoms with Gasteiger partial charge in [0.15, 0.2) is 0 Å². The third-order valence-electron chi connectivity index (χ3n) is 5.75. The number of rotatable bonds is 10. The van der Waals surface area contributed by atoms with Gasteiger partial charge in [0, 0.05) is 35.6 Å². The number of hydrogen-bond acceptors (Lipinski definition) is 9. The normalized spacial score (nSPS) is 15.0. The van der Waals surface area contributed by atoms with Crippen molar-refractivity contribution >= 4 is 29.2 Å². The molecule has 11 nitrogen and oxygen atoms in total. The Labute approximate surface area is 226 Å². The number of nitrogens with one attached hydrogen (secondary N) is 2. The van der Waals surface area contributed by atoms with Crippen LogP contribution in [0, 0.1) is 10.1 Å². The molecule has 3 rings (SSSR count). The zero-order chi connectivity index (χ0) is 28.7. The van der Waals surface area contributed by atoms with E-state index >= 15 is 0 Å². The summed E-state index contributed by atoms with van der Waals surface area (Å²) >= 11 is 0. The van der Waals surface area contributed by atoms with Crippen LogP contribution in [0.4, 0.5) is 11.4 Å². The first kappa shape index (κ1) is 28.9. The van der Waals surface area contributed by atoms with Gasteiger partial charge in [-0.1, -0.05) is 18.2 Å². The Morgan fingerprint density at radius 2 is 1.59 bits per heavy atom. The molecule has 2 aromatic carbocycles. The SMILES string of the molecule is CC(=O)Nc1ccc(OCCOC(=O)C2=C(C)NC(C)=C(C(=O)OC(C)C)[C@@H]2c2ccccc2[N+](=O)[O-])cc1. The van der Waals surface area contributed by atoms with Crippen LogP contribution in [0.5, 0.6) is 5.75 Å². The Kier molecular flexibility index (Phi) is 9.43. The van der Waals surface area contributed by atoms with E-state index < -0.39 is 28.9 Å². The molecule has 0 aromatic heterocycles. The van der Waals surface area contributed by atoms with Crippen LogP contribution in [0.25, 0.3) is 0 Å². The highest BCUT2D eigenvalue weighted by Gasteiger charge is 2.41. The molecule has 0 aliphatic carbocycles. The molecule has 0 saturated carbocycles. The number of anilines is 1. The summed E-state index contributed by atoms with van der Waals surface area (Å²) in [5.74, 6) is -2.22. The van der Waals surface area contributed by atoms with Crippen molar-refractivity contribution in [2.45, 2.75) is 46.6 Å². The molecule has 0 radical (unpaired) electrons. The predicted molar refractivity (Wildman–Crippen MR) is 143 cm³/mol. The van der Waals surface area contributed by atoms with E-state index in [1.54, 1.807) is 58.0 Å². The van der Waals surface area contributed by atoms with Gasteiger partial charge in [0.05, 0.1) is 28.1 Å². The second kappa shape index (κ2) is 12.7. The quantitative estimate of drug-likeness (QED) is 0.195. The predicted octanol–water partition coefficient (Wildman–Crippen LogP) is 4.36. The summed E-state index contributed by atoms with van der Waals surface area (Å²) in [4.78, 5) is 49.0. The molecule has 0 fully saturated rings. The first-order valence-electron chi connectivity index (χ1n) is 12.3. The van der Waals surface area contributed by atoms with Gasteiger partial charge in [-0.05, 0) is 52.0 Å². The van der Waals surface area contributed by atoms with Gasteiger partial charge in [-0.15, -0.1) is 0 Å². The van der Waals surface area contributed by atoms with Crippen molar-refractivity contribution in [3.8, 4) is 5.75 Å². The molecule has 0 bridgehead atoms. The van der Waals surface area contributed by atoms with Gasteiger partial charge in [-0.2, -0.15) is 0 Å². The second-order valence-corrected chi connectivity index (χ2v) is 9.10. The third kappa shape index (κ3) is 7.22. The minimum Gasteiger partial charge on any atom is -0.490 e. The molecular formula is C28H31N3O8. The molecule has 1 amide bonds. The highest BCUT2D eigenvalue weighted by molar-refractivity contribution is 6.00. The minimum absolute atomic E-state index is 0.0260. The minimum atomic E-state index is -1.09. The molecule has 1 heterocycles. The van der Waals surface area contributed by atoms with E-state index in [-0.39, 0.29) is 41.5 Å². The van der Waals surface area contributed by atoms with E-state index in [1.165, 1.54) is 25.1 Å². The number of amides is 1. The van der Waals surface area contributed by atoms with Crippen molar-refractivity contribution in [1.82, 2.24) is 5.32 Å². The third-order valence-corrected chi connectivity index (χ3v) is 5.75. The van der Waals surface area contributed by atoms with E-state index in [9.17, 15) is 24.5 Å². The average Bonchev–Trinajstić information content (AvgIpc) is 2.86. The smallest absolute Gasteiger partial charge is 0.337 e. The van der Waals surface area contributed by atoms with Gasteiger partial charge in [-0.3, -0.25) is 14.9 Å². The molecule has 1 atom stereocenters. The highest BCUT2D eigenvalue weighted by Crippen LogP contribution is 2.42. The summed E-state index contributed by atoms with van der Waals surface area (Å²) in [5.41, 5.74) is 1.51. The Morgan fingerprint density at radius 3 is 2.18 bits per heavy atom. The van der Waals surface area contributed by atoms with Crippen LogP contribution in [0.2, 0.25) is 0 Å². The maximum atomic E-state index is 13.4. The molecule has 2 aromatic rings. The van der Waals surface area contributed by atoms with Crippen molar-refractivity contribution in [2.24, 2.45) is 0 Å². The van der Waals surface area contributed by atoms with Crippen molar-refractivity contribution < 1.29 is 33.5 Å². The van der Waals surface area contributed by atoms with E-state index in [2.05, 4.69) is 10.6 Å². The summed E-state index contributed by atoms with van der Waals surface area (Å²) in [6.45, 7) is 7.97. The summed E-state index contributed by atoms with van der Waals surface area (Å²) in [6, 6.07) is 12.6. The largest absolute Gasteiger partial charge is 0.490 e. The number of nitro groups is 1. The van der Waals surface area contributed by atoms with Gasteiger partial charge >= 0.3 is 11.9 Å². The number of nitrogens with zero attached hydrogens (tertiary/aromatic N) is 1. The van der Waals surface area contributed by atoms with E-state index in [0.29, 0.717) is 22.8 Å². The summed E-state index contributed by atoms with van der Waals surface area (Å²) in [6.07, 6.45) is -0.448. The van der Waals surface area contributed by atoms with Gasteiger partial charge in [0.2, 0.25) is 5.91 Å². The van der Waals surface area contributed by atoms with Gasteiger partial charge in [0.1, 0.15) is 19.0 Å². The Bertz CT molecular complexity index is 1330. The molecular weight excluding hydrogens is 506 g/mol. The number of para-hydroxylation sites is 1. The second-order valence-electron chi connectivity index (χ2n) is 9.10. The van der Waals surface area contributed by atoms with Crippen molar-refractivity contribution in [3.05, 3.63) is 86.7 Å². The van der Waals surface area contributed by atoms with Crippen LogP contribution >= 0.6 is 0 Å².